The number of likely N-dealkylation sites (N-methyl/N-ethyl adjacent to an activating group) is 1. The van der Waals surface area contributed by atoms with E-state index in [9.17, 15) is 18.0 Å². The molecule has 1 saturated heterocycles. The van der Waals surface area contributed by atoms with Crippen molar-refractivity contribution in [2.45, 2.75) is 32.4 Å². The van der Waals surface area contributed by atoms with Crippen LogP contribution in [0.25, 0.3) is 5.69 Å². The van der Waals surface area contributed by atoms with E-state index in [1.54, 1.807) is 30.4 Å². The Morgan fingerprint density at radius 3 is 2.50 bits per heavy atom. The van der Waals surface area contributed by atoms with Gasteiger partial charge in [0.2, 0.25) is 5.91 Å². The molecule has 1 fully saturated rings. The van der Waals surface area contributed by atoms with Crippen molar-refractivity contribution < 1.29 is 13.2 Å². The van der Waals surface area contributed by atoms with Crippen molar-refractivity contribution in [1.82, 2.24) is 14.3 Å². The van der Waals surface area contributed by atoms with Crippen LogP contribution < -0.4 is 10.9 Å². The Balaban J connectivity index is 1.82. The van der Waals surface area contributed by atoms with Crippen LogP contribution in [0.15, 0.2) is 35.1 Å². The minimum Gasteiger partial charge on any atom is -0.368 e. The smallest absolute Gasteiger partial charge is 0.295 e. The quantitative estimate of drug-likeness (QED) is 0.797. The lowest BCUT2D eigenvalue weighted by Gasteiger charge is -2.27. The van der Waals surface area contributed by atoms with Crippen molar-refractivity contribution in [3.8, 4) is 5.69 Å². The Bertz CT molecular complexity index is 1040. The highest BCUT2D eigenvalue weighted by Crippen LogP contribution is 2.19. The first kappa shape index (κ1) is 20.2. The highest BCUT2D eigenvalue weighted by Gasteiger charge is 2.34. The van der Waals surface area contributed by atoms with E-state index < -0.39 is 15.9 Å². The number of rotatable bonds is 5. The summed E-state index contributed by atoms with van der Waals surface area (Å²) < 4.78 is 26.7. The second-order valence-corrected chi connectivity index (χ2v) is 9.54. The summed E-state index contributed by atoms with van der Waals surface area (Å²) in [5.74, 6) is -0.139. The molecule has 1 amide bonds. The molecule has 2 heterocycles. The lowest BCUT2D eigenvalue weighted by molar-refractivity contribution is -0.132. The van der Waals surface area contributed by atoms with Crippen LogP contribution in [-0.4, -0.2) is 59.2 Å². The van der Waals surface area contributed by atoms with Crippen molar-refractivity contribution >= 4 is 21.4 Å². The summed E-state index contributed by atoms with van der Waals surface area (Å²) in [6.45, 7) is 3.49. The summed E-state index contributed by atoms with van der Waals surface area (Å²) >= 11 is 0. The van der Waals surface area contributed by atoms with Gasteiger partial charge >= 0.3 is 0 Å². The van der Waals surface area contributed by atoms with Gasteiger partial charge in [-0.15, -0.1) is 0 Å². The molecule has 0 aliphatic carbocycles. The SMILES string of the molecule is Cc1c(NC(C)C(=O)N(C)C2CCS(=O)(=O)C2)c(=O)n(-c2ccccc2)n1C. The summed E-state index contributed by atoms with van der Waals surface area (Å²) in [5, 5.41) is 3.04. The minimum atomic E-state index is -3.08. The molecule has 0 spiro atoms. The molecule has 2 unspecified atom stereocenters. The summed E-state index contributed by atoms with van der Waals surface area (Å²) in [6, 6.07) is 8.29. The molecule has 1 aromatic carbocycles. The molecule has 1 aliphatic heterocycles. The van der Waals surface area contributed by atoms with Gasteiger partial charge in [0.05, 0.1) is 22.9 Å². The maximum absolute atomic E-state index is 13.0. The number of nitrogens with one attached hydrogen (secondary N) is 1. The predicted molar refractivity (Wildman–Crippen MR) is 109 cm³/mol. The summed E-state index contributed by atoms with van der Waals surface area (Å²) in [5.41, 5.74) is 1.56. The maximum atomic E-state index is 13.0. The van der Waals surface area contributed by atoms with Crippen LogP contribution in [0.2, 0.25) is 0 Å². The first-order valence-corrected chi connectivity index (χ1v) is 11.0. The normalized spacial score (nSPS) is 19.4. The Morgan fingerprint density at radius 1 is 1.29 bits per heavy atom. The molecule has 152 valence electrons. The lowest BCUT2D eigenvalue weighted by Crippen LogP contribution is -2.45. The van der Waals surface area contributed by atoms with Crippen LogP contribution in [0.5, 0.6) is 0 Å². The van der Waals surface area contributed by atoms with Gasteiger partial charge in [-0.1, -0.05) is 18.2 Å². The molecule has 2 atom stereocenters. The lowest BCUT2D eigenvalue weighted by atomic mass is 10.2. The predicted octanol–water partition coefficient (Wildman–Crippen LogP) is 0.930. The van der Waals surface area contributed by atoms with Gasteiger partial charge in [0, 0.05) is 20.1 Å². The average Bonchev–Trinajstić information content (AvgIpc) is 3.13. The summed E-state index contributed by atoms with van der Waals surface area (Å²) in [6.07, 6.45) is 0.447. The van der Waals surface area contributed by atoms with Crippen LogP contribution in [0, 0.1) is 6.92 Å². The second-order valence-electron chi connectivity index (χ2n) is 7.31. The highest BCUT2D eigenvalue weighted by atomic mass is 32.2. The third-order valence-corrected chi connectivity index (χ3v) is 7.14. The van der Waals surface area contributed by atoms with E-state index in [-0.39, 0.29) is 29.0 Å². The number of para-hydroxylation sites is 1. The average molecular weight is 407 g/mol. The van der Waals surface area contributed by atoms with E-state index in [0.717, 1.165) is 5.69 Å². The Morgan fingerprint density at radius 2 is 1.93 bits per heavy atom. The number of hydrogen-bond acceptors (Lipinski definition) is 5. The van der Waals surface area contributed by atoms with Crippen LogP contribution in [0.3, 0.4) is 0 Å². The number of carbonyl (C=O) groups is 1. The van der Waals surface area contributed by atoms with Gasteiger partial charge in [-0.3, -0.25) is 14.3 Å². The zero-order valence-electron chi connectivity index (χ0n) is 16.5. The van der Waals surface area contributed by atoms with Gasteiger partial charge in [0.15, 0.2) is 9.84 Å². The first-order valence-electron chi connectivity index (χ1n) is 9.20. The van der Waals surface area contributed by atoms with Gasteiger partial charge in [-0.2, -0.15) is 0 Å². The number of aromatic nitrogens is 2. The molecule has 9 heteroatoms. The minimum absolute atomic E-state index is 0.00681. The van der Waals surface area contributed by atoms with E-state index in [0.29, 0.717) is 17.8 Å². The van der Waals surface area contributed by atoms with Gasteiger partial charge in [-0.05, 0) is 32.4 Å². The molecule has 0 bridgehead atoms. The first-order chi connectivity index (χ1) is 13.1. The molecule has 0 saturated carbocycles. The van der Waals surface area contributed by atoms with Crippen molar-refractivity contribution in [3.05, 3.63) is 46.4 Å². The topological polar surface area (TPSA) is 93.4 Å². The summed E-state index contributed by atoms with van der Waals surface area (Å²) in [4.78, 5) is 27.2. The Labute approximate surface area is 164 Å². The number of amides is 1. The number of nitrogens with zero attached hydrogens (tertiary/aromatic N) is 3. The number of hydrogen-bond donors (Lipinski definition) is 1. The fourth-order valence-corrected chi connectivity index (χ4v) is 5.35. The number of benzene rings is 1. The molecule has 1 aromatic heterocycles. The zero-order valence-corrected chi connectivity index (χ0v) is 17.4. The largest absolute Gasteiger partial charge is 0.368 e. The highest BCUT2D eigenvalue weighted by molar-refractivity contribution is 7.91. The van der Waals surface area contributed by atoms with E-state index >= 15 is 0 Å². The third kappa shape index (κ3) is 3.71. The Hall–Kier alpha value is -2.55. The van der Waals surface area contributed by atoms with Crippen LogP contribution in [0.1, 0.15) is 19.0 Å². The van der Waals surface area contributed by atoms with E-state index in [1.165, 1.54) is 4.90 Å². The molecule has 28 heavy (non-hydrogen) atoms. The molecular formula is C19H26N4O4S. The molecule has 1 aliphatic rings. The van der Waals surface area contributed by atoms with Gasteiger partial charge in [-0.25, -0.2) is 13.1 Å². The molecule has 2 aromatic rings. The van der Waals surface area contributed by atoms with Crippen LogP contribution >= 0.6 is 0 Å². The van der Waals surface area contributed by atoms with E-state index in [4.69, 9.17) is 0 Å². The van der Waals surface area contributed by atoms with Crippen molar-refractivity contribution in [2.75, 3.05) is 23.9 Å². The number of sulfone groups is 1. The van der Waals surface area contributed by atoms with Crippen molar-refractivity contribution in [3.63, 3.8) is 0 Å². The third-order valence-electron chi connectivity index (χ3n) is 5.39. The maximum Gasteiger partial charge on any atom is 0.295 e. The van der Waals surface area contributed by atoms with Crippen molar-refractivity contribution in [1.29, 1.82) is 0 Å². The monoisotopic (exact) mass is 406 g/mol. The number of anilines is 1. The van der Waals surface area contributed by atoms with Crippen LogP contribution in [-0.2, 0) is 21.7 Å². The van der Waals surface area contributed by atoms with Gasteiger partial charge in [0.1, 0.15) is 11.7 Å². The molecule has 8 nitrogen and oxygen atoms in total. The molecule has 3 rings (SSSR count). The fraction of sp³-hybridized carbons (Fsp3) is 0.474. The van der Waals surface area contributed by atoms with Gasteiger partial charge < -0.3 is 10.2 Å². The van der Waals surface area contributed by atoms with E-state index in [2.05, 4.69) is 5.32 Å². The fourth-order valence-electron chi connectivity index (χ4n) is 3.58. The van der Waals surface area contributed by atoms with E-state index in [1.807, 2.05) is 37.3 Å². The van der Waals surface area contributed by atoms with Crippen molar-refractivity contribution in [2.24, 2.45) is 7.05 Å². The number of carbonyl (C=O) groups excluding carboxylic acids is 1. The molecule has 0 radical (unpaired) electrons. The van der Waals surface area contributed by atoms with Crippen LogP contribution in [0.4, 0.5) is 5.69 Å². The Kier molecular flexibility index (Phi) is 5.38. The van der Waals surface area contributed by atoms with Gasteiger partial charge in [0.25, 0.3) is 5.56 Å². The second kappa shape index (κ2) is 7.46. The standard InChI is InChI=1S/C19H26N4O4S/c1-13(18(24)21(3)16-10-11-28(26,27)12-16)20-17-14(2)22(4)23(19(17)25)15-8-6-5-7-9-15/h5-9,13,16,20H,10-12H2,1-4H3. The molecule has 1 N–H and O–H groups in total. The summed E-state index contributed by atoms with van der Waals surface area (Å²) in [7, 11) is 0.330. The molecular weight excluding hydrogens is 380 g/mol. The zero-order chi connectivity index (χ0) is 20.6.